The molecule has 2 heterocycles. The number of aromatic nitrogens is 1. The topological polar surface area (TPSA) is 110 Å². The third-order valence-corrected chi connectivity index (χ3v) is 6.53. The highest BCUT2D eigenvalue weighted by atomic mass is 32.2. The second-order valence-electron chi connectivity index (χ2n) is 6.81. The van der Waals surface area contributed by atoms with Gasteiger partial charge in [-0.15, -0.1) is 11.3 Å². The van der Waals surface area contributed by atoms with Crippen molar-refractivity contribution in [3.05, 3.63) is 70.7 Å². The number of nitrogens with one attached hydrogen (secondary N) is 2. The van der Waals surface area contributed by atoms with E-state index in [1.807, 2.05) is 5.38 Å². The Labute approximate surface area is 184 Å². The van der Waals surface area contributed by atoms with Crippen LogP contribution in [0.5, 0.6) is 5.75 Å². The Morgan fingerprint density at radius 3 is 2.71 bits per heavy atom. The minimum Gasteiger partial charge on any atom is -0.487 e. The van der Waals surface area contributed by atoms with Crippen molar-refractivity contribution in [1.82, 2.24) is 9.71 Å². The van der Waals surface area contributed by atoms with Gasteiger partial charge in [0.05, 0.1) is 16.1 Å². The Morgan fingerprint density at radius 2 is 2.00 bits per heavy atom. The number of benzene rings is 2. The molecule has 160 valence electrons. The summed E-state index contributed by atoms with van der Waals surface area (Å²) in [6, 6.07) is 12.8. The van der Waals surface area contributed by atoms with E-state index in [4.69, 9.17) is 4.74 Å². The molecule has 2 aromatic carbocycles. The molecule has 0 aliphatic carbocycles. The summed E-state index contributed by atoms with van der Waals surface area (Å²) in [6.45, 7) is 0.986. The predicted molar refractivity (Wildman–Crippen MR) is 119 cm³/mol. The maximum absolute atomic E-state index is 12.6. The third kappa shape index (κ3) is 5.47. The van der Waals surface area contributed by atoms with Gasteiger partial charge in [0.1, 0.15) is 18.2 Å². The molecule has 0 bridgehead atoms. The largest absolute Gasteiger partial charge is 0.487 e. The number of aliphatic imine (C=N–C) groups is 1. The fourth-order valence-corrected chi connectivity index (χ4v) is 4.63. The molecule has 0 radical (unpaired) electrons. The van der Waals surface area contributed by atoms with Gasteiger partial charge in [-0.1, -0.05) is 6.07 Å². The van der Waals surface area contributed by atoms with Crippen molar-refractivity contribution in [2.24, 2.45) is 4.99 Å². The van der Waals surface area contributed by atoms with Crippen molar-refractivity contribution >= 4 is 38.8 Å². The van der Waals surface area contributed by atoms with Gasteiger partial charge in [0, 0.05) is 29.6 Å². The van der Waals surface area contributed by atoms with Gasteiger partial charge in [-0.25, -0.2) is 13.4 Å². The number of anilines is 1. The number of thiazole rings is 1. The van der Waals surface area contributed by atoms with Gasteiger partial charge in [0.15, 0.2) is 0 Å². The van der Waals surface area contributed by atoms with Crippen LogP contribution in [-0.4, -0.2) is 31.7 Å². The lowest BCUT2D eigenvalue weighted by molar-refractivity contribution is 0.102. The van der Waals surface area contributed by atoms with Crippen LogP contribution in [-0.2, 0) is 16.6 Å². The first-order valence-electron chi connectivity index (χ1n) is 9.57. The van der Waals surface area contributed by atoms with Crippen molar-refractivity contribution in [3.8, 4) is 5.75 Å². The van der Waals surface area contributed by atoms with E-state index in [0.29, 0.717) is 42.4 Å². The molecule has 1 amide bonds. The van der Waals surface area contributed by atoms with Crippen LogP contribution in [0.2, 0.25) is 0 Å². The average molecular weight is 457 g/mol. The number of carbonyl (C=O) groups excluding carboxylic acids is 1. The molecule has 0 spiro atoms. The van der Waals surface area contributed by atoms with E-state index in [-0.39, 0.29) is 10.8 Å². The molecule has 0 saturated carbocycles. The first kappa shape index (κ1) is 21.0. The average Bonchev–Trinajstić information content (AvgIpc) is 3.47. The molecule has 3 aromatic rings. The minimum atomic E-state index is -3.75. The third-order valence-electron chi connectivity index (χ3n) is 4.52. The number of nitrogens with zero attached hydrogens (tertiary/aromatic N) is 2. The lowest BCUT2D eigenvalue weighted by Crippen LogP contribution is -2.29. The van der Waals surface area contributed by atoms with Gasteiger partial charge >= 0.3 is 0 Å². The summed E-state index contributed by atoms with van der Waals surface area (Å²) in [4.78, 5) is 20.9. The smallest absolute Gasteiger partial charge is 0.262 e. The monoisotopic (exact) mass is 456 g/mol. The van der Waals surface area contributed by atoms with Crippen molar-refractivity contribution in [1.29, 1.82) is 0 Å². The van der Waals surface area contributed by atoms with E-state index in [2.05, 4.69) is 20.0 Å². The fraction of sp³-hybridized carbons (Fsp3) is 0.190. The molecule has 1 aliphatic rings. The van der Waals surface area contributed by atoms with Gasteiger partial charge < -0.3 is 10.1 Å². The molecule has 0 fully saturated rings. The molecule has 2 N–H and O–H groups in total. The van der Waals surface area contributed by atoms with Crippen LogP contribution in [0.15, 0.2) is 69.3 Å². The number of carbonyl (C=O) groups is 1. The second kappa shape index (κ2) is 9.27. The summed E-state index contributed by atoms with van der Waals surface area (Å²) in [6.07, 6.45) is 1.45. The Hall–Kier alpha value is -3.24. The zero-order chi connectivity index (χ0) is 21.7. The van der Waals surface area contributed by atoms with Gasteiger partial charge in [-0.2, -0.15) is 0 Å². The molecule has 10 heteroatoms. The highest BCUT2D eigenvalue weighted by molar-refractivity contribution is 7.90. The van der Waals surface area contributed by atoms with E-state index < -0.39 is 10.0 Å². The number of amides is 1. The number of hydrogen-bond acceptors (Lipinski definition) is 7. The van der Waals surface area contributed by atoms with Gasteiger partial charge in [0.2, 0.25) is 0 Å². The Morgan fingerprint density at radius 1 is 1.16 bits per heavy atom. The lowest BCUT2D eigenvalue weighted by Gasteiger charge is -2.10. The van der Waals surface area contributed by atoms with E-state index in [9.17, 15) is 13.2 Å². The number of sulfonamides is 1. The van der Waals surface area contributed by atoms with Crippen molar-refractivity contribution in [3.63, 3.8) is 0 Å². The van der Waals surface area contributed by atoms with Crippen LogP contribution in [0.3, 0.4) is 0 Å². The van der Waals surface area contributed by atoms with Crippen LogP contribution < -0.4 is 14.8 Å². The van der Waals surface area contributed by atoms with Gasteiger partial charge in [-0.3, -0.25) is 14.5 Å². The molecular weight excluding hydrogens is 436 g/mol. The molecule has 31 heavy (non-hydrogen) atoms. The Bertz CT molecular complexity index is 1190. The van der Waals surface area contributed by atoms with Crippen LogP contribution in [0.4, 0.5) is 5.69 Å². The lowest BCUT2D eigenvalue weighted by atomic mass is 10.2. The van der Waals surface area contributed by atoms with Crippen molar-refractivity contribution in [2.45, 2.75) is 24.3 Å². The molecule has 1 aliphatic heterocycles. The summed E-state index contributed by atoms with van der Waals surface area (Å²) >= 11 is 1.50. The first-order chi connectivity index (χ1) is 15.0. The predicted octanol–water partition coefficient (Wildman–Crippen LogP) is 3.45. The van der Waals surface area contributed by atoms with Crippen LogP contribution >= 0.6 is 11.3 Å². The van der Waals surface area contributed by atoms with E-state index >= 15 is 0 Å². The quantitative estimate of drug-likeness (QED) is 0.566. The van der Waals surface area contributed by atoms with Crippen LogP contribution in [0.25, 0.3) is 0 Å². The number of amidine groups is 1. The zero-order valence-corrected chi connectivity index (χ0v) is 18.1. The highest BCUT2D eigenvalue weighted by Gasteiger charge is 2.19. The maximum Gasteiger partial charge on any atom is 0.262 e. The molecule has 4 rings (SSSR count). The molecule has 0 atom stereocenters. The normalized spacial score (nSPS) is 13.5. The summed E-state index contributed by atoms with van der Waals surface area (Å²) in [5.41, 5.74) is 3.39. The Kier molecular flexibility index (Phi) is 6.28. The summed E-state index contributed by atoms with van der Waals surface area (Å²) in [5.74, 6) is 0.735. The van der Waals surface area contributed by atoms with Gasteiger partial charge in [0.25, 0.3) is 15.9 Å². The summed E-state index contributed by atoms with van der Waals surface area (Å²) < 4.78 is 33.3. The molecular formula is C21H20N4O4S2. The molecule has 0 unspecified atom stereocenters. The van der Waals surface area contributed by atoms with Crippen LogP contribution in [0.1, 0.15) is 28.9 Å². The van der Waals surface area contributed by atoms with E-state index in [1.165, 1.54) is 23.5 Å². The van der Waals surface area contributed by atoms with E-state index in [1.54, 1.807) is 41.9 Å². The second-order valence-corrected chi connectivity index (χ2v) is 9.21. The fourth-order valence-electron chi connectivity index (χ4n) is 2.95. The summed E-state index contributed by atoms with van der Waals surface area (Å²) in [7, 11) is -3.75. The van der Waals surface area contributed by atoms with Crippen LogP contribution in [0, 0.1) is 0 Å². The van der Waals surface area contributed by atoms with Crippen molar-refractivity contribution in [2.75, 3.05) is 11.9 Å². The number of rotatable bonds is 7. The summed E-state index contributed by atoms with van der Waals surface area (Å²) in [5, 5.41) is 4.64. The van der Waals surface area contributed by atoms with E-state index in [0.717, 1.165) is 12.1 Å². The highest BCUT2D eigenvalue weighted by Crippen LogP contribution is 2.19. The SMILES string of the molecule is O=C(Nc1cccc(S(=O)(=O)NC2=NCCC2)c1)c1ccc(OCc2cscn2)cc1. The maximum atomic E-state index is 12.6. The number of ether oxygens (including phenoxy) is 1. The first-order valence-corrected chi connectivity index (χ1v) is 12.0. The number of hydrogen-bond donors (Lipinski definition) is 2. The van der Waals surface area contributed by atoms with Gasteiger partial charge in [-0.05, 0) is 48.9 Å². The molecule has 0 saturated heterocycles. The minimum absolute atomic E-state index is 0.0608. The standard InChI is InChI=1S/C21H20N4O4S2/c26-21(15-6-8-18(9-7-15)29-12-17-13-30-14-23-17)24-16-3-1-4-19(11-16)31(27,28)25-20-5-2-10-22-20/h1,3-4,6-9,11,13-14H,2,5,10,12H2,(H,22,25)(H,24,26). The molecule has 8 nitrogen and oxygen atoms in total. The van der Waals surface area contributed by atoms with Crippen molar-refractivity contribution < 1.29 is 17.9 Å². The molecule has 1 aromatic heterocycles. The zero-order valence-electron chi connectivity index (χ0n) is 16.4. The Balaban J connectivity index is 1.39.